The minimum atomic E-state index is -0.443. The largest absolute Gasteiger partial charge is 0.398 e. The molecule has 2 aromatic rings. The summed E-state index contributed by atoms with van der Waals surface area (Å²) in [4.78, 5) is 14.6. The molecule has 0 spiro atoms. The Hall–Kier alpha value is -2.69. The highest BCUT2D eigenvalue weighted by atomic mass is 16.6. The van der Waals surface area contributed by atoms with Crippen molar-refractivity contribution in [2.24, 2.45) is 4.99 Å². The van der Waals surface area contributed by atoms with Crippen LogP contribution in [0.15, 0.2) is 53.5 Å². The van der Waals surface area contributed by atoms with Gasteiger partial charge in [0.15, 0.2) is 0 Å². The third-order valence-corrected chi connectivity index (χ3v) is 2.77. The Kier molecular flexibility index (Phi) is 3.56. The van der Waals surface area contributed by atoms with Crippen molar-refractivity contribution < 1.29 is 4.92 Å². The van der Waals surface area contributed by atoms with Gasteiger partial charge in [-0.25, -0.2) is 0 Å². The maximum atomic E-state index is 10.8. The molecule has 0 amide bonds. The molecule has 5 nitrogen and oxygen atoms in total. The summed E-state index contributed by atoms with van der Waals surface area (Å²) < 4.78 is 0. The Labute approximate surface area is 110 Å². The topological polar surface area (TPSA) is 81.5 Å². The molecule has 0 aliphatic heterocycles. The zero-order chi connectivity index (χ0) is 13.8. The van der Waals surface area contributed by atoms with Crippen molar-refractivity contribution in [3.05, 3.63) is 69.8 Å². The zero-order valence-electron chi connectivity index (χ0n) is 10.4. The lowest BCUT2D eigenvalue weighted by Gasteiger charge is -2.09. The fraction of sp³-hybridized carbons (Fsp3) is 0.0714. The molecule has 5 heteroatoms. The van der Waals surface area contributed by atoms with Crippen LogP contribution in [0, 0.1) is 10.1 Å². The van der Waals surface area contributed by atoms with Gasteiger partial charge in [-0.15, -0.1) is 0 Å². The molecule has 2 N–H and O–H groups in total. The molecule has 0 saturated heterocycles. The highest BCUT2D eigenvalue weighted by Gasteiger charge is 2.14. The van der Waals surface area contributed by atoms with Crippen molar-refractivity contribution in [2.45, 2.75) is 0 Å². The predicted octanol–water partition coefficient (Wildman–Crippen LogP) is 2.64. The number of hydrogen-bond donors (Lipinski definition) is 1. The number of nitrogens with two attached hydrogens (primary N) is 1. The standard InChI is InChI=1S/C14H13N3O2/c1-16-14(10-5-3-2-4-6-10)12-9-11(17(18)19)7-8-13(12)15/h2-9H,15H2,1H3. The fourth-order valence-corrected chi connectivity index (χ4v) is 1.86. The molecule has 2 rings (SSSR count). The monoisotopic (exact) mass is 255 g/mol. The van der Waals surface area contributed by atoms with Crippen LogP contribution < -0.4 is 5.73 Å². The smallest absolute Gasteiger partial charge is 0.270 e. The SMILES string of the molecule is CN=C(c1ccccc1)c1cc([N+](=O)[O-])ccc1N. The van der Waals surface area contributed by atoms with Crippen LogP contribution in [0.4, 0.5) is 11.4 Å². The van der Waals surface area contributed by atoms with E-state index in [0.29, 0.717) is 17.0 Å². The lowest BCUT2D eigenvalue weighted by Crippen LogP contribution is -2.07. The van der Waals surface area contributed by atoms with Crippen molar-refractivity contribution in [3.8, 4) is 0 Å². The van der Waals surface area contributed by atoms with Crippen LogP contribution in [0.25, 0.3) is 0 Å². The van der Waals surface area contributed by atoms with Crippen molar-refractivity contribution in [1.29, 1.82) is 0 Å². The van der Waals surface area contributed by atoms with Crippen LogP contribution in [0.3, 0.4) is 0 Å². The number of rotatable bonds is 3. The first-order valence-corrected chi connectivity index (χ1v) is 5.70. The van der Waals surface area contributed by atoms with Gasteiger partial charge >= 0.3 is 0 Å². The Morgan fingerprint density at radius 2 is 1.89 bits per heavy atom. The first-order chi connectivity index (χ1) is 9.13. The second-order valence-corrected chi connectivity index (χ2v) is 3.97. The van der Waals surface area contributed by atoms with E-state index in [-0.39, 0.29) is 5.69 Å². The first-order valence-electron chi connectivity index (χ1n) is 5.70. The number of aliphatic imine (C=N–C) groups is 1. The summed E-state index contributed by atoms with van der Waals surface area (Å²) in [6.07, 6.45) is 0. The lowest BCUT2D eigenvalue weighted by atomic mass is 10.00. The van der Waals surface area contributed by atoms with Gasteiger partial charge in [0, 0.05) is 36.0 Å². The van der Waals surface area contributed by atoms with Crippen molar-refractivity contribution in [3.63, 3.8) is 0 Å². The van der Waals surface area contributed by atoms with E-state index in [2.05, 4.69) is 4.99 Å². The lowest BCUT2D eigenvalue weighted by molar-refractivity contribution is -0.384. The molecule has 0 aliphatic carbocycles. The van der Waals surface area contributed by atoms with E-state index in [4.69, 9.17) is 5.73 Å². The van der Waals surface area contributed by atoms with Gasteiger partial charge < -0.3 is 5.73 Å². The number of benzene rings is 2. The summed E-state index contributed by atoms with van der Waals surface area (Å²) in [5, 5.41) is 10.8. The Morgan fingerprint density at radius 1 is 1.21 bits per heavy atom. The van der Waals surface area contributed by atoms with Gasteiger partial charge in [-0.2, -0.15) is 0 Å². The molecular formula is C14H13N3O2. The molecule has 0 aromatic heterocycles. The minimum Gasteiger partial charge on any atom is -0.398 e. The number of anilines is 1. The van der Waals surface area contributed by atoms with Crippen molar-refractivity contribution >= 4 is 17.1 Å². The molecule has 0 bridgehead atoms. The normalized spacial score (nSPS) is 11.3. The van der Waals surface area contributed by atoms with E-state index in [1.807, 2.05) is 30.3 Å². The van der Waals surface area contributed by atoms with E-state index in [9.17, 15) is 10.1 Å². The Morgan fingerprint density at radius 3 is 2.47 bits per heavy atom. The summed E-state index contributed by atoms with van der Waals surface area (Å²) in [6, 6.07) is 13.8. The molecule has 0 fully saturated rings. The fourth-order valence-electron chi connectivity index (χ4n) is 1.86. The van der Waals surface area contributed by atoms with Crippen molar-refractivity contribution in [1.82, 2.24) is 0 Å². The summed E-state index contributed by atoms with van der Waals surface area (Å²) in [7, 11) is 1.64. The van der Waals surface area contributed by atoms with Crippen LogP contribution >= 0.6 is 0 Å². The molecule has 0 radical (unpaired) electrons. The summed E-state index contributed by atoms with van der Waals surface area (Å²) >= 11 is 0. The molecule has 0 heterocycles. The molecule has 0 saturated carbocycles. The molecule has 0 unspecified atom stereocenters. The molecule has 96 valence electrons. The quantitative estimate of drug-likeness (QED) is 0.396. The van der Waals surface area contributed by atoms with E-state index in [1.165, 1.54) is 18.2 Å². The van der Waals surface area contributed by atoms with Crippen LogP contribution in [0.1, 0.15) is 11.1 Å². The maximum absolute atomic E-state index is 10.8. The van der Waals surface area contributed by atoms with Crippen LogP contribution in [0.5, 0.6) is 0 Å². The number of nitrogens with zero attached hydrogens (tertiary/aromatic N) is 2. The zero-order valence-corrected chi connectivity index (χ0v) is 10.4. The van der Waals surface area contributed by atoms with Gasteiger partial charge in [-0.1, -0.05) is 30.3 Å². The number of nitro benzene ring substituents is 1. The highest BCUT2D eigenvalue weighted by Crippen LogP contribution is 2.23. The van der Waals surface area contributed by atoms with Crippen LogP contribution in [-0.2, 0) is 0 Å². The Balaban J connectivity index is 2.56. The minimum absolute atomic E-state index is 0.00119. The van der Waals surface area contributed by atoms with Crippen LogP contribution in [0.2, 0.25) is 0 Å². The van der Waals surface area contributed by atoms with Gasteiger partial charge in [0.1, 0.15) is 0 Å². The van der Waals surface area contributed by atoms with E-state index in [1.54, 1.807) is 7.05 Å². The molecule has 0 atom stereocenters. The van der Waals surface area contributed by atoms with E-state index < -0.39 is 4.92 Å². The van der Waals surface area contributed by atoms with Gasteiger partial charge in [0.05, 0.1) is 10.6 Å². The highest BCUT2D eigenvalue weighted by molar-refractivity contribution is 6.15. The summed E-state index contributed by atoms with van der Waals surface area (Å²) in [5.74, 6) is 0. The number of hydrogen-bond acceptors (Lipinski definition) is 4. The maximum Gasteiger partial charge on any atom is 0.270 e. The third-order valence-electron chi connectivity index (χ3n) is 2.77. The first kappa shape index (κ1) is 12.8. The predicted molar refractivity (Wildman–Crippen MR) is 75.5 cm³/mol. The number of nitro groups is 1. The molecule has 2 aromatic carbocycles. The van der Waals surface area contributed by atoms with Crippen molar-refractivity contribution in [2.75, 3.05) is 12.8 Å². The van der Waals surface area contributed by atoms with Gasteiger partial charge in [-0.05, 0) is 6.07 Å². The number of non-ortho nitro benzene ring substituents is 1. The average molecular weight is 255 g/mol. The van der Waals surface area contributed by atoms with Gasteiger partial charge in [0.2, 0.25) is 0 Å². The second-order valence-electron chi connectivity index (χ2n) is 3.97. The average Bonchev–Trinajstić information content (AvgIpc) is 2.42. The Bertz CT molecular complexity index is 636. The second kappa shape index (κ2) is 5.30. The molecule has 0 aliphatic rings. The van der Waals surface area contributed by atoms with E-state index >= 15 is 0 Å². The number of nitrogen functional groups attached to an aromatic ring is 1. The van der Waals surface area contributed by atoms with Gasteiger partial charge in [0.25, 0.3) is 5.69 Å². The summed E-state index contributed by atoms with van der Waals surface area (Å²) in [5.41, 5.74) is 8.45. The van der Waals surface area contributed by atoms with Crippen LogP contribution in [-0.4, -0.2) is 17.7 Å². The molecular weight excluding hydrogens is 242 g/mol. The third kappa shape index (κ3) is 2.60. The van der Waals surface area contributed by atoms with Gasteiger partial charge in [-0.3, -0.25) is 15.1 Å². The molecule has 19 heavy (non-hydrogen) atoms. The van der Waals surface area contributed by atoms with E-state index in [0.717, 1.165) is 5.56 Å². The summed E-state index contributed by atoms with van der Waals surface area (Å²) in [6.45, 7) is 0.